The van der Waals surface area contributed by atoms with Gasteiger partial charge in [0.25, 0.3) is 10.0 Å². The van der Waals surface area contributed by atoms with E-state index in [9.17, 15) is 8.42 Å². The summed E-state index contributed by atoms with van der Waals surface area (Å²) in [6.07, 6.45) is 1.77. The fraction of sp³-hybridized carbons (Fsp3) is 0.368. The molecule has 0 amide bonds. The van der Waals surface area contributed by atoms with Crippen molar-refractivity contribution in [3.8, 4) is 0 Å². The highest BCUT2D eigenvalue weighted by atomic mass is 32.2. The number of sulfonamides is 1. The lowest BCUT2D eigenvalue weighted by Gasteiger charge is -2.36. The predicted molar refractivity (Wildman–Crippen MR) is 94.4 cm³/mol. The van der Waals surface area contributed by atoms with Crippen molar-refractivity contribution in [1.82, 2.24) is 0 Å². The van der Waals surface area contributed by atoms with Crippen LogP contribution in [0.2, 0.25) is 0 Å². The molecule has 0 saturated heterocycles. The summed E-state index contributed by atoms with van der Waals surface area (Å²) in [5.74, 6) is 0.390. The smallest absolute Gasteiger partial charge is 0.263 e. The number of para-hydroxylation sites is 1. The average Bonchev–Trinajstić information content (AvgIpc) is 2.54. The zero-order chi connectivity index (χ0) is 16.6. The van der Waals surface area contributed by atoms with E-state index in [1.165, 1.54) is 0 Å². The second kappa shape index (κ2) is 6.00. The van der Waals surface area contributed by atoms with Gasteiger partial charge < -0.3 is 0 Å². The van der Waals surface area contributed by atoms with Gasteiger partial charge in [-0.15, -0.1) is 0 Å². The number of aryl methyl sites for hydroxylation is 1. The lowest BCUT2D eigenvalue weighted by Crippen LogP contribution is -2.42. The zero-order valence-electron chi connectivity index (χ0n) is 13.9. The summed E-state index contributed by atoms with van der Waals surface area (Å²) in [6, 6.07) is 15.1. The Hall–Kier alpha value is -1.81. The van der Waals surface area contributed by atoms with Crippen molar-refractivity contribution in [1.29, 1.82) is 0 Å². The minimum atomic E-state index is -3.53. The van der Waals surface area contributed by atoms with Crippen LogP contribution in [-0.4, -0.2) is 14.5 Å². The standard InChI is InChI=1S/C19H23NO2S/c1-14(2)16-10-12-18(13-11-16)23(21,22)20-15(3)8-9-17-6-4-5-7-19(17)20/h4-7,10-15H,8-9H2,1-3H3. The third-order valence-corrected chi connectivity index (χ3v) is 6.51. The van der Waals surface area contributed by atoms with Gasteiger partial charge in [-0.05, 0) is 55.0 Å². The molecule has 1 aliphatic heterocycles. The summed E-state index contributed by atoms with van der Waals surface area (Å²) in [5.41, 5.74) is 3.07. The molecule has 0 N–H and O–H groups in total. The van der Waals surface area contributed by atoms with Crippen molar-refractivity contribution >= 4 is 15.7 Å². The molecule has 0 fully saturated rings. The van der Waals surface area contributed by atoms with Crippen LogP contribution in [0.25, 0.3) is 0 Å². The van der Waals surface area contributed by atoms with Crippen molar-refractivity contribution in [2.75, 3.05) is 4.31 Å². The first-order valence-electron chi connectivity index (χ1n) is 8.13. The van der Waals surface area contributed by atoms with Crippen LogP contribution in [0.3, 0.4) is 0 Å². The lowest BCUT2D eigenvalue weighted by atomic mass is 9.99. The third-order valence-electron chi connectivity index (χ3n) is 4.56. The highest BCUT2D eigenvalue weighted by Gasteiger charge is 2.33. The molecule has 1 unspecified atom stereocenters. The van der Waals surface area contributed by atoms with Crippen molar-refractivity contribution in [3.63, 3.8) is 0 Å². The van der Waals surface area contributed by atoms with Crippen molar-refractivity contribution < 1.29 is 8.42 Å². The number of benzene rings is 2. The quantitative estimate of drug-likeness (QED) is 0.840. The average molecular weight is 329 g/mol. The number of nitrogens with zero attached hydrogens (tertiary/aromatic N) is 1. The van der Waals surface area contributed by atoms with E-state index in [1.807, 2.05) is 43.3 Å². The summed E-state index contributed by atoms with van der Waals surface area (Å²) in [7, 11) is -3.53. The topological polar surface area (TPSA) is 37.4 Å². The highest BCUT2D eigenvalue weighted by molar-refractivity contribution is 7.92. The van der Waals surface area contributed by atoms with Gasteiger partial charge in [-0.25, -0.2) is 8.42 Å². The largest absolute Gasteiger partial charge is 0.264 e. The molecule has 4 heteroatoms. The Kier molecular flexibility index (Phi) is 4.19. The van der Waals surface area contributed by atoms with Crippen LogP contribution in [0.15, 0.2) is 53.4 Å². The third kappa shape index (κ3) is 2.88. The Morgan fingerprint density at radius 1 is 1.04 bits per heavy atom. The van der Waals surface area contributed by atoms with E-state index in [1.54, 1.807) is 16.4 Å². The summed E-state index contributed by atoms with van der Waals surface area (Å²) in [4.78, 5) is 0.366. The van der Waals surface area contributed by atoms with Gasteiger partial charge in [0.05, 0.1) is 10.6 Å². The maximum Gasteiger partial charge on any atom is 0.264 e. The van der Waals surface area contributed by atoms with E-state index < -0.39 is 10.0 Å². The van der Waals surface area contributed by atoms with E-state index in [0.717, 1.165) is 29.7 Å². The molecule has 3 rings (SSSR count). The second-order valence-electron chi connectivity index (χ2n) is 6.54. The van der Waals surface area contributed by atoms with Gasteiger partial charge >= 0.3 is 0 Å². The second-order valence-corrected chi connectivity index (χ2v) is 8.36. The molecule has 1 atom stereocenters. The van der Waals surface area contributed by atoms with Gasteiger partial charge in [-0.2, -0.15) is 0 Å². The lowest BCUT2D eigenvalue weighted by molar-refractivity contribution is 0.563. The number of hydrogen-bond acceptors (Lipinski definition) is 2. The van der Waals surface area contributed by atoms with Crippen LogP contribution in [0, 0.1) is 0 Å². The maximum atomic E-state index is 13.2. The van der Waals surface area contributed by atoms with Crippen LogP contribution in [0.1, 0.15) is 44.2 Å². The van der Waals surface area contributed by atoms with Crippen LogP contribution in [-0.2, 0) is 16.4 Å². The van der Waals surface area contributed by atoms with Crippen LogP contribution in [0.5, 0.6) is 0 Å². The predicted octanol–water partition coefficient (Wildman–Crippen LogP) is 4.34. The Morgan fingerprint density at radius 2 is 1.70 bits per heavy atom. The number of hydrogen-bond donors (Lipinski definition) is 0. The molecule has 2 aromatic rings. The van der Waals surface area contributed by atoms with E-state index in [-0.39, 0.29) is 6.04 Å². The molecular weight excluding hydrogens is 306 g/mol. The Morgan fingerprint density at radius 3 is 2.35 bits per heavy atom. The molecule has 23 heavy (non-hydrogen) atoms. The van der Waals surface area contributed by atoms with Crippen LogP contribution < -0.4 is 4.31 Å². The number of anilines is 1. The number of rotatable bonds is 3. The molecule has 3 nitrogen and oxygen atoms in total. The molecule has 1 aliphatic rings. The molecule has 122 valence electrons. The molecule has 2 aromatic carbocycles. The molecule has 0 spiro atoms. The molecular formula is C19H23NO2S. The van der Waals surface area contributed by atoms with Gasteiger partial charge in [0, 0.05) is 6.04 Å². The van der Waals surface area contributed by atoms with Crippen molar-refractivity contribution in [2.24, 2.45) is 0 Å². The van der Waals surface area contributed by atoms with Gasteiger partial charge in [-0.3, -0.25) is 4.31 Å². The fourth-order valence-corrected chi connectivity index (χ4v) is 4.88. The van der Waals surface area contributed by atoms with Crippen molar-refractivity contribution in [3.05, 3.63) is 59.7 Å². The van der Waals surface area contributed by atoms with E-state index in [2.05, 4.69) is 13.8 Å². The Balaban J connectivity index is 2.05. The van der Waals surface area contributed by atoms with Crippen molar-refractivity contribution in [2.45, 2.75) is 50.5 Å². The molecule has 0 radical (unpaired) electrons. The van der Waals surface area contributed by atoms with E-state index in [0.29, 0.717) is 10.8 Å². The fourth-order valence-electron chi connectivity index (χ4n) is 3.16. The van der Waals surface area contributed by atoms with Crippen LogP contribution >= 0.6 is 0 Å². The summed E-state index contributed by atoms with van der Waals surface area (Å²) < 4.78 is 27.9. The van der Waals surface area contributed by atoms with E-state index in [4.69, 9.17) is 0 Å². The first-order chi connectivity index (χ1) is 10.9. The molecule has 0 bridgehead atoms. The zero-order valence-corrected chi connectivity index (χ0v) is 14.7. The molecule has 1 heterocycles. The molecule has 0 aromatic heterocycles. The Labute approximate surface area is 139 Å². The summed E-state index contributed by atoms with van der Waals surface area (Å²) in [5, 5.41) is 0. The minimum Gasteiger partial charge on any atom is -0.263 e. The molecule has 0 saturated carbocycles. The Bertz CT molecular complexity index is 794. The minimum absolute atomic E-state index is 0.0281. The van der Waals surface area contributed by atoms with Gasteiger partial charge in [-0.1, -0.05) is 44.2 Å². The monoisotopic (exact) mass is 329 g/mol. The highest BCUT2D eigenvalue weighted by Crippen LogP contribution is 2.35. The SMILES string of the molecule is CC(C)c1ccc(S(=O)(=O)N2c3ccccc3CCC2C)cc1. The van der Waals surface area contributed by atoms with Gasteiger partial charge in [0.2, 0.25) is 0 Å². The summed E-state index contributed by atoms with van der Waals surface area (Å²) >= 11 is 0. The normalized spacial score (nSPS) is 18.1. The number of fused-ring (bicyclic) bond motifs is 1. The van der Waals surface area contributed by atoms with Gasteiger partial charge in [0.1, 0.15) is 0 Å². The maximum absolute atomic E-state index is 13.2. The first-order valence-corrected chi connectivity index (χ1v) is 9.57. The van der Waals surface area contributed by atoms with Gasteiger partial charge in [0.15, 0.2) is 0 Å². The summed E-state index contributed by atoms with van der Waals surface area (Å²) in [6.45, 7) is 6.19. The molecule has 0 aliphatic carbocycles. The van der Waals surface area contributed by atoms with E-state index >= 15 is 0 Å². The van der Waals surface area contributed by atoms with Crippen LogP contribution in [0.4, 0.5) is 5.69 Å². The first kappa shape index (κ1) is 16.1.